The van der Waals surface area contributed by atoms with E-state index in [0.29, 0.717) is 6.10 Å². The first-order valence-corrected chi connectivity index (χ1v) is 11.1. The summed E-state index contributed by atoms with van der Waals surface area (Å²) in [5, 5.41) is 0. The van der Waals surface area contributed by atoms with Gasteiger partial charge in [-0.25, -0.2) is 0 Å². The molecule has 0 amide bonds. The van der Waals surface area contributed by atoms with Crippen molar-refractivity contribution in [3.8, 4) is 11.8 Å². The van der Waals surface area contributed by atoms with Crippen LogP contribution < -0.4 is 0 Å². The largest absolute Gasteiger partial charge is 0.379 e. The Hall–Kier alpha value is -0.520. The molecule has 0 aromatic carbocycles. The Morgan fingerprint density at radius 1 is 0.654 bits per heavy atom. The summed E-state index contributed by atoms with van der Waals surface area (Å²) in [5.41, 5.74) is 0.162. The highest BCUT2D eigenvalue weighted by Crippen LogP contribution is 2.13. The summed E-state index contributed by atoms with van der Waals surface area (Å²) in [6.07, 6.45) is 16.3. The molecule has 0 atom stereocenters. The molecule has 0 aliphatic carbocycles. The highest BCUT2D eigenvalue weighted by Gasteiger charge is 2.02. The monoisotopic (exact) mass is 366 g/mol. The third kappa shape index (κ3) is 23.5. The van der Waals surface area contributed by atoms with Gasteiger partial charge in [0.15, 0.2) is 0 Å². The minimum atomic E-state index is 0.162. The van der Waals surface area contributed by atoms with Gasteiger partial charge in [0.1, 0.15) is 0 Å². The van der Waals surface area contributed by atoms with Gasteiger partial charge in [0.05, 0.1) is 19.3 Å². The number of hydrogen-bond donors (Lipinski definition) is 0. The smallest absolute Gasteiger partial charge is 0.0703 e. The molecular weight excluding hydrogens is 320 g/mol. The fourth-order valence-corrected chi connectivity index (χ4v) is 2.78. The standard InChI is InChI=1S/C24H46O2/c1-23(2)26-22-21-25-20-18-16-14-12-10-8-6-7-9-11-13-15-17-19-24(3,4)5/h23H,6-16,18,20-22H2,1-5H3. The molecule has 0 aromatic heterocycles. The second-order valence-corrected chi connectivity index (χ2v) is 8.72. The van der Waals surface area contributed by atoms with E-state index in [4.69, 9.17) is 9.47 Å². The summed E-state index contributed by atoms with van der Waals surface area (Å²) < 4.78 is 11.0. The van der Waals surface area contributed by atoms with E-state index < -0.39 is 0 Å². The van der Waals surface area contributed by atoms with Gasteiger partial charge in [-0.3, -0.25) is 0 Å². The Morgan fingerprint density at radius 3 is 1.65 bits per heavy atom. The van der Waals surface area contributed by atoms with Crippen molar-refractivity contribution >= 4 is 0 Å². The summed E-state index contributed by atoms with van der Waals surface area (Å²) in [6, 6.07) is 0. The first kappa shape index (κ1) is 25.5. The minimum Gasteiger partial charge on any atom is -0.379 e. The average Bonchev–Trinajstić information content (AvgIpc) is 2.55. The molecule has 0 fully saturated rings. The molecule has 0 bridgehead atoms. The molecule has 0 saturated heterocycles. The van der Waals surface area contributed by atoms with E-state index in [-0.39, 0.29) is 5.41 Å². The first-order valence-electron chi connectivity index (χ1n) is 11.1. The second-order valence-electron chi connectivity index (χ2n) is 8.72. The molecule has 0 aromatic rings. The lowest BCUT2D eigenvalue weighted by molar-refractivity contribution is 0.0186. The summed E-state index contributed by atoms with van der Waals surface area (Å²) in [5.74, 6) is 6.63. The van der Waals surface area contributed by atoms with Crippen LogP contribution in [0.3, 0.4) is 0 Å². The number of ether oxygens (including phenoxy) is 2. The van der Waals surface area contributed by atoms with E-state index in [9.17, 15) is 0 Å². The quantitative estimate of drug-likeness (QED) is 0.201. The fraction of sp³-hybridized carbons (Fsp3) is 0.917. The van der Waals surface area contributed by atoms with Crippen LogP contribution in [0.2, 0.25) is 0 Å². The highest BCUT2D eigenvalue weighted by atomic mass is 16.5. The van der Waals surface area contributed by atoms with Gasteiger partial charge in [-0.1, -0.05) is 63.7 Å². The van der Waals surface area contributed by atoms with Gasteiger partial charge in [0.2, 0.25) is 0 Å². The van der Waals surface area contributed by atoms with Crippen LogP contribution >= 0.6 is 0 Å². The Bertz CT molecular complexity index is 343. The van der Waals surface area contributed by atoms with E-state index >= 15 is 0 Å². The third-order valence-electron chi connectivity index (χ3n) is 4.23. The maximum Gasteiger partial charge on any atom is 0.0703 e. The molecule has 0 radical (unpaired) electrons. The summed E-state index contributed by atoms with van der Waals surface area (Å²) >= 11 is 0. The van der Waals surface area contributed by atoms with Crippen LogP contribution in [-0.4, -0.2) is 25.9 Å². The van der Waals surface area contributed by atoms with Gasteiger partial charge < -0.3 is 9.47 Å². The Balaban J connectivity index is 3.10. The molecule has 0 N–H and O–H groups in total. The predicted octanol–water partition coefficient (Wildman–Crippen LogP) is 7.16. The number of unbranched alkanes of at least 4 members (excludes halogenated alkanes) is 11. The lowest BCUT2D eigenvalue weighted by Gasteiger charge is -2.08. The van der Waals surface area contributed by atoms with Crippen LogP contribution in [0.5, 0.6) is 0 Å². The zero-order chi connectivity index (χ0) is 19.5. The third-order valence-corrected chi connectivity index (χ3v) is 4.23. The van der Waals surface area contributed by atoms with Crippen molar-refractivity contribution in [1.82, 2.24) is 0 Å². The summed E-state index contributed by atoms with van der Waals surface area (Å²) in [7, 11) is 0. The molecule has 0 aliphatic heterocycles. The Labute approximate surface area is 164 Å². The normalized spacial score (nSPS) is 11.6. The van der Waals surface area contributed by atoms with Crippen LogP contribution in [-0.2, 0) is 9.47 Å². The molecule has 0 heterocycles. The van der Waals surface area contributed by atoms with Crippen molar-refractivity contribution in [3.05, 3.63) is 0 Å². The average molecular weight is 367 g/mol. The molecule has 0 aliphatic rings. The number of hydrogen-bond acceptors (Lipinski definition) is 2. The van der Waals surface area contributed by atoms with Gasteiger partial charge in [0, 0.05) is 18.4 Å². The maximum atomic E-state index is 5.57. The van der Waals surface area contributed by atoms with Crippen LogP contribution in [0.1, 0.15) is 112 Å². The zero-order valence-corrected chi connectivity index (χ0v) is 18.5. The predicted molar refractivity (Wildman–Crippen MR) is 115 cm³/mol. The zero-order valence-electron chi connectivity index (χ0n) is 18.5. The van der Waals surface area contributed by atoms with E-state index in [0.717, 1.165) is 26.2 Å². The van der Waals surface area contributed by atoms with Crippen LogP contribution in [0.15, 0.2) is 0 Å². The topological polar surface area (TPSA) is 18.5 Å². The van der Waals surface area contributed by atoms with Crippen molar-refractivity contribution in [2.75, 3.05) is 19.8 Å². The summed E-state index contributed by atoms with van der Waals surface area (Å²) in [6.45, 7) is 13.0. The van der Waals surface area contributed by atoms with Crippen LogP contribution in [0.4, 0.5) is 0 Å². The van der Waals surface area contributed by atoms with Crippen molar-refractivity contribution in [2.24, 2.45) is 5.41 Å². The van der Waals surface area contributed by atoms with Crippen molar-refractivity contribution in [3.63, 3.8) is 0 Å². The van der Waals surface area contributed by atoms with Gasteiger partial charge in [-0.2, -0.15) is 0 Å². The second kappa shape index (κ2) is 17.9. The van der Waals surface area contributed by atoms with Crippen molar-refractivity contribution in [2.45, 2.75) is 118 Å². The SMILES string of the molecule is CC(C)OCCOCCCCCCCCCCCCCC#CC(C)(C)C. The lowest BCUT2D eigenvalue weighted by atomic mass is 9.97. The Morgan fingerprint density at radius 2 is 1.15 bits per heavy atom. The fourth-order valence-electron chi connectivity index (χ4n) is 2.78. The maximum absolute atomic E-state index is 5.57. The van der Waals surface area contributed by atoms with E-state index in [1.54, 1.807) is 0 Å². The summed E-state index contributed by atoms with van der Waals surface area (Å²) in [4.78, 5) is 0. The molecule has 26 heavy (non-hydrogen) atoms. The van der Waals surface area contributed by atoms with Gasteiger partial charge in [-0.05, 0) is 47.5 Å². The molecule has 2 nitrogen and oxygen atoms in total. The molecule has 0 spiro atoms. The van der Waals surface area contributed by atoms with Crippen LogP contribution in [0.25, 0.3) is 0 Å². The molecule has 0 saturated carbocycles. The van der Waals surface area contributed by atoms with Gasteiger partial charge >= 0.3 is 0 Å². The Kier molecular flexibility index (Phi) is 17.5. The van der Waals surface area contributed by atoms with E-state index in [1.165, 1.54) is 70.6 Å². The molecule has 0 unspecified atom stereocenters. The molecule has 154 valence electrons. The van der Waals surface area contributed by atoms with Crippen molar-refractivity contribution < 1.29 is 9.47 Å². The van der Waals surface area contributed by atoms with Gasteiger partial charge in [-0.15, -0.1) is 5.92 Å². The van der Waals surface area contributed by atoms with Gasteiger partial charge in [0.25, 0.3) is 0 Å². The molecule has 0 rings (SSSR count). The highest BCUT2D eigenvalue weighted by molar-refractivity contribution is 5.06. The van der Waals surface area contributed by atoms with Crippen LogP contribution in [0, 0.1) is 17.3 Å². The number of rotatable bonds is 17. The van der Waals surface area contributed by atoms with E-state index in [2.05, 4.69) is 46.5 Å². The molecule has 2 heteroatoms. The minimum absolute atomic E-state index is 0.162. The van der Waals surface area contributed by atoms with E-state index in [1.807, 2.05) is 0 Å². The van der Waals surface area contributed by atoms with Crippen molar-refractivity contribution in [1.29, 1.82) is 0 Å². The molecular formula is C24H46O2. The first-order chi connectivity index (χ1) is 12.4. The lowest BCUT2D eigenvalue weighted by Crippen LogP contribution is -2.10.